The summed E-state index contributed by atoms with van der Waals surface area (Å²) in [6.07, 6.45) is 8.79. The first-order valence-electron chi connectivity index (χ1n) is 15.6. The Morgan fingerprint density at radius 1 is 0.935 bits per heavy atom. The topological polar surface area (TPSA) is 129 Å². The van der Waals surface area contributed by atoms with E-state index in [-0.39, 0.29) is 23.7 Å². The van der Waals surface area contributed by atoms with Crippen LogP contribution in [0.4, 0.5) is 10.5 Å². The summed E-state index contributed by atoms with van der Waals surface area (Å²) in [4.78, 5) is 51.1. The van der Waals surface area contributed by atoms with Crippen LogP contribution in [0.2, 0.25) is 0 Å². The number of likely N-dealkylation sites (tertiary alicyclic amines) is 2. The molecule has 6 rings (SSSR count). The van der Waals surface area contributed by atoms with Gasteiger partial charge in [-0.3, -0.25) is 14.3 Å². The molecule has 1 atom stereocenters. The lowest BCUT2D eigenvalue weighted by Gasteiger charge is -2.36. The lowest BCUT2D eigenvalue weighted by Crippen LogP contribution is -2.55. The Labute approximate surface area is 284 Å². The van der Waals surface area contributed by atoms with Crippen LogP contribution in [-0.4, -0.2) is 68.5 Å². The van der Waals surface area contributed by atoms with Crippen molar-refractivity contribution >= 4 is 49.5 Å². The second-order valence-electron chi connectivity index (χ2n) is 12.0. The summed E-state index contributed by atoms with van der Waals surface area (Å²) >= 11 is 7.02. The minimum absolute atomic E-state index is 0.0196. The van der Waals surface area contributed by atoms with Gasteiger partial charge in [0.05, 0.1) is 11.4 Å². The Morgan fingerprint density at radius 3 is 2.22 bits per heavy atom. The third-order valence-corrected chi connectivity index (χ3v) is 10.4. The van der Waals surface area contributed by atoms with Crippen LogP contribution in [-0.2, 0) is 11.2 Å². The Bertz CT molecular complexity index is 1710. The third-order valence-electron chi connectivity index (χ3n) is 9.13. The maximum atomic E-state index is 14.0. The second kappa shape index (κ2) is 14.3. The molecule has 2 aliphatic heterocycles. The van der Waals surface area contributed by atoms with Crippen molar-refractivity contribution in [2.45, 2.75) is 50.1 Å². The van der Waals surface area contributed by atoms with Crippen molar-refractivity contribution in [3.63, 3.8) is 0 Å². The molecule has 3 amide bonds. The second-order valence-corrected chi connectivity index (χ2v) is 13.7. The van der Waals surface area contributed by atoms with Gasteiger partial charge in [0.25, 0.3) is 0 Å². The van der Waals surface area contributed by atoms with E-state index in [9.17, 15) is 14.4 Å². The van der Waals surface area contributed by atoms with E-state index in [0.29, 0.717) is 57.0 Å². The van der Waals surface area contributed by atoms with E-state index in [1.54, 1.807) is 9.47 Å². The van der Waals surface area contributed by atoms with Gasteiger partial charge in [-0.2, -0.15) is 0 Å². The number of rotatable bonds is 7. The van der Waals surface area contributed by atoms with E-state index in [1.807, 2.05) is 78.1 Å². The van der Waals surface area contributed by atoms with E-state index < -0.39 is 6.04 Å². The van der Waals surface area contributed by atoms with E-state index in [2.05, 4.69) is 47.1 Å². The fraction of sp³-hybridized carbons (Fsp3) is 0.353. The number of imidazole rings is 1. The summed E-state index contributed by atoms with van der Waals surface area (Å²) in [5.41, 5.74) is 10.4. The molecule has 2 fully saturated rings. The van der Waals surface area contributed by atoms with Gasteiger partial charge in [0.15, 0.2) is 0 Å². The molecule has 10 nitrogen and oxygen atoms in total. The first kappa shape index (κ1) is 32.1. The number of nitrogens with one attached hydrogen (secondary N) is 2. The van der Waals surface area contributed by atoms with Crippen molar-refractivity contribution in [2.75, 3.05) is 31.9 Å². The molecule has 4 aromatic rings. The van der Waals surface area contributed by atoms with Gasteiger partial charge in [0.2, 0.25) is 5.91 Å². The van der Waals surface area contributed by atoms with E-state index in [4.69, 9.17) is 5.73 Å². The molecule has 2 aromatic carbocycles. The highest BCUT2D eigenvalue weighted by Gasteiger charge is 2.33. The molecule has 0 radical (unpaired) electrons. The van der Waals surface area contributed by atoms with Crippen LogP contribution >= 0.6 is 31.9 Å². The number of H-pyrrole nitrogens is 1. The normalized spacial score (nSPS) is 16.7. The van der Waals surface area contributed by atoms with Crippen molar-refractivity contribution in [3.8, 4) is 11.3 Å². The SMILES string of the molecule is Nc1c(Br)cc(C[C@H](NC(=O)N2CCC(n3cc(-c4ccccc4)[nH]c3=O)CC2)C(=O)N2CCC(c3ccncc3)CC2)cc1Br. The summed E-state index contributed by atoms with van der Waals surface area (Å²) < 4.78 is 3.20. The van der Waals surface area contributed by atoms with Gasteiger partial charge in [-0.25, -0.2) is 9.59 Å². The van der Waals surface area contributed by atoms with Gasteiger partial charge in [0.1, 0.15) is 6.04 Å². The van der Waals surface area contributed by atoms with Gasteiger partial charge < -0.3 is 25.8 Å². The number of aromatic nitrogens is 3. The van der Waals surface area contributed by atoms with Gasteiger partial charge in [-0.15, -0.1) is 0 Å². The maximum absolute atomic E-state index is 14.0. The minimum atomic E-state index is -0.745. The lowest BCUT2D eigenvalue weighted by atomic mass is 9.89. The molecule has 0 spiro atoms. The van der Waals surface area contributed by atoms with E-state index in [0.717, 1.165) is 38.6 Å². The number of halogens is 2. The molecular weight excluding hydrogens is 714 g/mol. The summed E-state index contributed by atoms with van der Waals surface area (Å²) in [5.74, 6) is 0.287. The zero-order valence-electron chi connectivity index (χ0n) is 25.4. The van der Waals surface area contributed by atoms with Gasteiger partial charge in [-0.1, -0.05) is 30.3 Å². The van der Waals surface area contributed by atoms with Crippen LogP contribution in [0.25, 0.3) is 11.3 Å². The monoisotopic (exact) mass is 749 g/mol. The van der Waals surface area contributed by atoms with Crippen molar-refractivity contribution in [1.29, 1.82) is 0 Å². The number of urea groups is 1. The summed E-state index contributed by atoms with van der Waals surface area (Å²) in [6, 6.07) is 16.6. The minimum Gasteiger partial charge on any atom is -0.397 e. The highest BCUT2D eigenvalue weighted by atomic mass is 79.9. The first-order chi connectivity index (χ1) is 22.3. The molecule has 4 N–H and O–H groups in total. The average Bonchev–Trinajstić information content (AvgIpc) is 3.48. The molecule has 46 heavy (non-hydrogen) atoms. The molecule has 4 heterocycles. The van der Waals surface area contributed by atoms with Crippen LogP contribution in [0.5, 0.6) is 0 Å². The van der Waals surface area contributed by atoms with Gasteiger partial charge in [0, 0.05) is 66.2 Å². The number of hydrogen-bond acceptors (Lipinski definition) is 5. The van der Waals surface area contributed by atoms with Crippen LogP contribution in [0.1, 0.15) is 48.8 Å². The highest BCUT2D eigenvalue weighted by Crippen LogP contribution is 2.31. The van der Waals surface area contributed by atoms with Crippen molar-refractivity contribution in [2.24, 2.45) is 0 Å². The number of hydrogen-bond donors (Lipinski definition) is 3. The third kappa shape index (κ3) is 7.23. The predicted octanol–water partition coefficient (Wildman–Crippen LogP) is 5.71. The number of aromatic amines is 1. The van der Waals surface area contributed by atoms with Crippen molar-refractivity contribution in [1.82, 2.24) is 29.7 Å². The summed E-state index contributed by atoms with van der Waals surface area (Å²) in [7, 11) is 0. The number of nitrogens with two attached hydrogens (primary N) is 1. The van der Waals surface area contributed by atoms with Crippen molar-refractivity contribution in [3.05, 3.63) is 104 Å². The van der Waals surface area contributed by atoms with E-state index in [1.165, 1.54) is 5.56 Å². The van der Waals surface area contributed by atoms with Crippen molar-refractivity contribution < 1.29 is 9.59 Å². The molecule has 2 aromatic heterocycles. The smallest absolute Gasteiger partial charge is 0.326 e. The number of pyridine rings is 1. The highest BCUT2D eigenvalue weighted by molar-refractivity contribution is 9.11. The zero-order chi connectivity index (χ0) is 32.2. The molecular formula is C34H37Br2N7O3. The number of piperidine rings is 2. The molecule has 2 saturated heterocycles. The quantitative estimate of drug-likeness (QED) is 0.209. The van der Waals surface area contributed by atoms with Gasteiger partial charge in [-0.05, 0) is 104 Å². The largest absolute Gasteiger partial charge is 0.397 e. The average molecular weight is 752 g/mol. The molecule has 0 saturated carbocycles. The number of carbonyl (C=O) groups is 2. The summed E-state index contributed by atoms with van der Waals surface area (Å²) in [5, 5.41) is 3.07. The number of amides is 3. The number of benzene rings is 2. The Balaban J connectivity index is 1.12. The first-order valence-corrected chi connectivity index (χ1v) is 17.2. The molecule has 0 aliphatic carbocycles. The number of nitrogens with zero attached hydrogens (tertiary/aromatic N) is 4. The standard InChI is InChI=1S/C34H37Br2N7O3/c35-27-18-22(19-28(36)31(27)37)20-29(32(44)41-14-8-24(9-15-41)23-6-12-38-13-7-23)39-33(45)42-16-10-26(11-17-42)43-21-30(40-34(43)46)25-4-2-1-3-5-25/h1-7,12-13,18-19,21,24,26,29H,8-11,14-17,20,37H2,(H,39,45)(H,40,46)/t29-/m0/s1. The zero-order valence-corrected chi connectivity index (χ0v) is 28.5. The Morgan fingerprint density at radius 2 is 1.57 bits per heavy atom. The number of anilines is 1. The fourth-order valence-corrected chi connectivity index (χ4v) is 7.79. The fourth-order valence-electron chi connectivity index (χ4n) is 6.51. The van der Waals surface area contributed by atoms with Crippen LogP contribution < -0.4 is 16.7 Å². The molecule has 240 valence electrons. The van der Waals surface area contributed by atoms with Crippen LogP contribution in [0.15, 0.2) is 86.9 Å². The Hall–Kier alpha value is -3.90. The molecule has 0 unspecified atom stereocenters. The van der Waals surface area contributed by atoms with Crippen LogP contribution in [0.3, 0.4) is 0 Å². The molecule has 2 aliphatic rings. The van der Waals surface area contributed by atoms with Gasteiger partial charge >= 0.3 is 11.7 Å². The molecule has 0 bridgehead atoms. The summed E-state index contributed by atoms with van der Waals surface area (Å²) in [6.45, 7) is 2.20. The Kier molecular flexibility index (Phi) is 9.93. The molecule has 12 heteroatoms. The lowest BCUT2D eigenvalue weighted by molar-refractivity contribution is -0.134. The van der Waals surface area contributed by atoms with Crippen LogP contribution in [0, 0.1) is 0 Å². The maximum Gasteiger partial charge on any atom is 0.326 e. The number of nitrogen functional groups attached to an aromatic ring is 1. The van der Waals surface area contributed by atoms with E-state index >= 15 is 0 Å². The predicted molar refractivity (Wildman–Crippen MR) is 185 cm³/mol. The number of carbonyl (C=O) groups excluding carboxylic acids is 2.